The Morgan fingerprint density at radius 2 is 2.17 bits per heavy atom. The highest BCUT2D eigenvalue weighted by Gasteiger charge is 2.13. The van der Waals surface area contributed by atoms with Crippen molar-refractivity contribution in [2.75, 3.05) is 6.54 Å². The van der Waals surface area contributed by atoms with Crippen molar-refractivity contribution < 1.29 is 5.11 Å². The van der Waals surface area contributed by atoms with Crippen LogP contribution in [0.15, 0.2) is 23.1 Å². The first kappa shape index (κ1) is 15.0. The fourth-order valence-electron chi connectivity index (χ4n) is 1.45. The fourth-order valence-corrected chi connectivity index (χ4v) is 2.42. The van der Waals surface area contributed by atoms with Crippen LogP contribution in [0.5, 0.6) is 0 Å². The van der Waals surface area contributed by atoms with Crippen LogP contribution in [-0.2, 0) is 6.54 Å². The Morgan fingerprint density at radius 3 is 2.72 bits per heavy atom. The minimum atomic E-state index is -0.386. The summed E-state index contributed by atoms with van der Waals surface area (Å²) in [6.45, 7) is 7.48. The Labute approximate surface area is 113 Å². The molecule has 3 nitrogen and oxygen atoms in total. The van der Waals surface area contributed by atoms with Gasteiger partial charge in [-0.05, 0) is 31.2 Å². The maximum Gasteiger partial charge on any atom is 0.100 e. The molecule has 0 aromatic heterocycles. The molecule has 0 bridgehead atoms. The topological polar surface area (TPSA) is 56.0 Å². The summed E-state index contributed by atoms with van der Waals surface area (Å²) in [5.74, 6) is 0. The number of nitrogens with one attached hydrogen (secondary N) is 1. The second-order valence-corrected chi connectivity index (χ2v) is 5.71. The third kappa shape index (κ3) is 4.34. The Bertz CT molecular complexity index is 426. The van der Waals surface area contributed by atoms with Crippen LogP contribution in [0.4, 0.5) is 0 Å². The van der Waals surface area contributed by atoms with Crippen molar-refractivity contribution in [1.29, 1.82) is 5.26 Å². The molecule has 0 spiro atoms. The van der Waals surface area contributed by atoms with Crippen LogP contribution in [-0.4, -0.2) is 23.0 Å². The van der Waals surface area contributed by atoms with Crippen LogP contribution in [0.2, 0.25) is 0 Å². The van der Waals surface area contributed by atoms with Gasteiger partial charge in [0.05, 0.1) is 11.7 Å². The van der Waals surface area contributed by atoms with Gasteiger partial charge in [-0.3, -0.25) is 0 Å². The van der Waals surface area contributed by atoms with E-state index in [4.69, 9.17) is 0 Å². The van der Waals surface area contributed by atoms with E-state index in [2.05, 4.69) is 18.3 Å². The number of nitriles is 1. The molecule has 1 rings (SSSR count). The number of hydrogen-bond acceptors (Lipinski definition) is 4. The zero-order valence-electron chi connectivity index (χ0n) is 11.1. The van der Waals surface area contributed by atoms with Crippen molar-refractivity contribution in [2.45, 2.75) is 43.6 Å². The molecule has 0 radical (unpaired) electrons. The largest absolute Gasteiger partial charge is 0.392 e. The average Bonchev–Trinajstić information content (AvgIpc) is 2.37. The van der Waals surface area contributed by atoms with Gasteiger partial charge in [0.15, 0.2) is 0 Å². The number of rotatable bonds is 6. The molecular weight excluding hydrogens is 244 g/mol. The smallest absolute Gasteiger partial charge is 0.100 e. The minimum absolute atomic E-state index is 0.0803. The SMILES string of the molecule is CCNCc1ccc(SC(C)C(C)O)c(C#N)c1. The first-order valence-corrected chi connectivity index (χ1v) is 7.05. The van der Waals surface area contributed by atoms with Gasteiger partial charge in [-0.25, -0.2) is 0 Å². The number of aliphatic hydroxyl groups is 1. The van der Waals surface area contributed by atoms with Crippen LogP contribution >= 0.6 is 11.8 Å². The van der Waals surface area contributed by atoms with E-state index in [-0.39, 0.29) is 11.4 Å². The third-order valence-corrected chi connectivity index (χ3v) is 4.11. The predicted octanol–water partition coefficient (Wildman–Crippen LogP) is 2.53. The van der Waals surface area contributed by atoms with Crippen LogP contribution in [0.3, 0.4) is 0 Å². The molecule has 1 aromatic carbocycles. The standard InChI is InChI=1S/C14H20N2OS/c1-4-16-9-12-5-6-14(13(7-12)8-15)18-11(3)10(2)17/h5-7,10-11,16-17H,4,9H2,1-3H3. The van der Waals surface area contributed by atoms with E-state index < -0.39 is 0 Å². The fraction of sp³-hybridized carbons (Fsp3) is 0.500. The lowest BCUT2D eigenvalue weighted by atomic mass is 10.1. The molecule has 0 aliphatic heterocycles. The summed E-state index contributed by atoms with van der Waals surface area (Å²) in [7, 11) is 0. The molecule has 18 heavy (non-hydrogen) atoms. The van der Waals surface area contributed by atoms with Crippen LogP contribution in [0.1, 0.15) is 31.9 Å². The lowest BCUT2D eigenvalue weighted by Gasteiger charge is -2.15. The second-order valence-electron chi connectivity index (χ2n) is 4.29. The summed E-state index contributed by atoms with van der Waals surface area (Å²) >= 11 is 1.54. The highest BCUT2D eigenvalue weighted by molar-refractivity contribution is 8.00. The molecule has 2 unspecified atom stereocenters. The second kappa shape index (κ2) is 7.42. The molecule has 0 saturated heterocycles. The number of aliphatic hydroxyl groups excluding tert-OH is 1. The summed E-state index contributed by atoms with van der Waals surface area (Å²) in [5.41, 5.74) is 1.80. The minimum Gasteiger partial charge on any atom is -0.392 e. The molecule has 0 aliphatic carbocycles. The predicted molar refractivity (Wildman–Crippen MR) is 75.5 cm³/mol. The maximum atomic E-state index is 9.50. The number of nitrogens with zero attached hydrogens (tertiary/aromatic N) is 1. The van der Waals surface area contributed by atoms with Crippen molar-refractivity contribution in [2.24, 2.45) is 0 Å². The Kier molecular flexibility index (Phi) is 6.20. The van der Waals surface area contributed by atoms with Gasteiger partial charge in [0.1, 0.15) is 6.07 Å². The summed E-state index contributed by atoms with van der Waals surface area (Å²) in [6.07, 6.45) is -0.386. The normalized spacial score (nSPS) is 13.9. The van der Waals surface area contributed by atoms with E-state index in [1.165, 1.54) is 0 Å². The molecule has 2 atom stereocenters. The van der Waals surface area contributed by atoms with Crippen molar-refractivity contribution in [3.05, 3.63) is 29.3 Å². The quantitative estimate of drug-likeness (QED) is 0.775. The van der Waals surface area contributed by atoms with Gasteiger partial charge in [-0.2, -0.15) is 5.26 Å². The average molecular weight is 264 g/mol. The van der Waals surface area contributed by atoms with Gasteiger partial charge >= 0.3 is 0 Å². The van der Waals surface area contributed by atoms with E-state index in [1.54, 1.807) is 18.7 Å². The van der Waals surface area contributed by atoms with Crippen molar-refractivity contribution in [3.8, 4) is 6.07 Å². The number of hydrogen-bond donors (Lipinski definition) is 2. The zero-order chi connectivity index (χ0) is 13.5. The molecule has 98 valence electrons. The lowest BCUT2D eigenvalue weighted by Crippen LogP contribution is -2.15. The van der Waals surface area contributed by atoms with E-state index in [0.717, 1.165) is 23.5 Å². The highest BCUT2D eigenvalue weighted by atomic mass is 32.2. The summed E-state index contributed by atoms with van der Waals surface area (Å²) in [6, 6.07) is 8.14. The van der Waals surface area contributed by atoms with Crippen LogP contribution in [0, 0.1) is 11.3 Å². The Morgan fingerprint density at radius 1 is 1.44 bits per heavy atom. The van der Waals surface area contributed by atoms with Gasteiger partial charge in [-0.1, -0.05) is 19.9 Å². The molecule has 1 aromatic rings. The van der Waals surface area contributed by atoms with Crippen molar-refractivity contribution in [1.82, 2.24) is 5.32 Å². The molecule has 4 heteroatoms. The van der Waals surface area contributed by atoms with Gasteiger partial charge in [0, 0.05) is 16.7 Å². The first-order chi connectivity index (χ1) is 8.58. The van der Waals surface area contributed by atoms with E-state index in [0.29, 0.717) is 5.56 Å². The number of benzene rings is 1. The monoisotopic (exact) mass is 264 g/mol. The van der Waals surface area contributed by atoms with E-state index in [1.807, 2.05) is 25.1 Å². The molecular formula is C14H20N2OS. The van der Waals surface area contributed by atoms with Crippen molar-refractivity contribution in [3.63, 3.8) is 0 Å². The van der Waals surface area contributed by atoms with Gasteiger partial charge in [-0.15, -0.1) is 11.8 Å². The molecule has 0 heterocycles. The Balaban J connectivity index is 2.84. The van der Waals surface area contributed by atoms with E-state index in [9.17, 15) is 10.4 Å². The maximum absolute atomic E-state index is 9.50. The number of thioether (sulfide) groups is 1. The summed E-state index contributed by atoms with van der Waals surface area (Å²) in [4.78, 5) is 0.936. The third-order valence-electron chi connectivity index (χ3n) is 2.74. The van der Waals surface area contributed by atoms with Gasteiger partial charge < -0.3 is 10.4 Å². The Hall–Kier alpha value is -1.02. The van der Waals surface area contributed by atoms with E-state index >= 15 is 0 Å². The summed E-state index contributed by atoms with van der Waals surface area (Å²) in [5, 5.41) is 22.0. The van der Waals surface area contributed by atoms with Crippen molar-refractivity contribution >= 4 is 11.8 Å². The highest BCUT2D eigenvalue weighted by Crippen LogP contribution is 2.28. The zero-order valence-corrected chi connectivity index (χ0v) is 11.9. The van der Waals surface area contributed by atoms with Crippen LogP contribution < -0.4 is 5.32 Å². The van der Waals surface area contributed by atoms with Crippen LogP contribution in [0.25, 0.3) is 0 Å². The summed E-state index contributed by atoms with van der Waals surface area (Å²) < 4.78 is 0. The van der Waals surface area contributed by atoms with Gasteiger partial charge in [0.2, 0.25) is 0 Å². The molecule has 0 saturated carbocycles. The first-order valence-electron chi connectivity index (χ1n) is 6.17. The molecule has 0 fully saturated rings. The van der Waals surface area contributed by atoms with Gasteiger partial charge in [0.25, 0.3) is 0 Å². The molecule has 2 N–H and O–H groups in total. The lowest BCUT2D eigenvalue weighted by molar-refractivity contribution is 0.196. The molecule has 0 aliphatic rings. The molecule has 0 amide bonds.